The zero-order chi connectivity index (χ0) is 28.1. The number of phenolic OH excluding ortho intramolecular Hbond substituents is 3. The minimum absolute atomic E-state index is 0.0112. The summed E-state index contributed by atoms with van der Waals surface area (Å²) >= 11 is 0. The predicted molar refractivity (Wildman–Crippen MR) is 123 cm³/mol. The van der Waals surface area contributed by atoms with E-state index in [4.69, 9.17) is 23.7 Å². The van der Waals surface area contributed by atoms with E-state index in [1.165, 1.54) is 6.08 Å². The average molecular weight is 542 g/mol. The molecule has 0 saturated carbocycles. The van der Waals surface area contributed by atoms with Crippen LogP contribution in [0.15, 0.2) is 36.6 Å². The number of esters is 2. The molecule has 1 fully saturated rings. The van der Waals surface area contributed by atoms with Crippen molar-refractivity contribution in [2.24, 2.45) is 11.8 Å². The number of carbonyl (C=O) groups excluding carboxylic acids is 2. The summed E-state index contributed by atoms with van der Waals surface area (Å²) in [5.74, 6) is -5.48. The summed E-state index contributed by atoms with van der Waals surface area (Å²) in [4.78, 5) is 24.8. The lowest BCUT2D eigenvalue weighted by atomic mass is 9.82. The Labute approximate surface area is 216 Å². The zero-order valence-electron chi connectivity index (χ0n) is 20.2. The maximum Gasteiger partial charge on any atom is 0.338 e. The number of aromatic hydroxyl groups is 3. The van der Waals surface area contributed by atoms with Gasteiger partial charge in [-0.25, -0.2) is 9.59 Å². The fraction of sp³-hybridized carbons (Fsp3) is 0.500. The third kappa shape index (κ3) is 6.01. The van der Waals surface area contributed by atoms with Crippen molar-refractivity contribution in [2.45, 2.75) is 43.4 Å². The molecule has 38 heavy (non-hydrogen) atoms. The highest BCUT2D eigenvalue weighted by molar-refractivity contribution is 5.91. The molecule has 14 nitrogen and oxygen atoms in total. The molecule has 1 aromatic rings. The maximum atomic E-state index is 12.4. The third-order valence-corrected chi connectivity index (χ3v) is 6.28. The maximum absolute atomic E-state index is 12.4. The molecule has 8 atom stereocenters. The largest absolute Gasteiger partial charge is 0.504 e. The molecule has 2 heterocycles. The van der Waals surface area contributed by atoms with E-state index in [0.29, 0.717) is 0 Å². The van der Waals surface area contributed by atoms with Gasteiger partial charge in [0.05, 0.1) is 37.7 Å². The van der Waals surface area contributed by atoms with Gasteiger partial charge in [-0.1, -0.05) is 6.08 Å². The van der Waals surface area contributed by atoms with E-state index in [9.17, 15) is 45.3 Å². The smallest absolute Gasteiger partial charge is 0.338 e. The lowest BCUT2D eigenvalue weighted by molar-refractivity contribution is -0.339. The minimum atomic E-state index is -1.70. The Bertz CT molecular complexity index is 1030. The molecule has 1 saturated heterocycles. The standard InChI is InChI=1S/C24H30O14/c1-3-11-12(4-5-35-21(32)10-6-14(26)17(28)15(27)7-10)13(22(33)34-2)9-36-23(11)38-24-20(31)19(30)18(29)16(8-25)37-24/h3,6-7,9,11-12,16,18-20,23-31H,1,4-5,8H2,2H3/t11-,12-,16-,18-,19+,20+,23-,24+/m1/s1. The Kier molecular flexibility index (Phi) is 9.54. The van der Waals surface area contributed by atoms with E-state index in [1.54, 1.807) is 0 Å². The van der Waals surface area contributed by atoms with Gasteiger partial charge in [0, 0.05) is 11.8 Å². The summed E-state index contributed by atoms with van der Waals surface area (Å²) in [6.45, 7) is 2.80. The molecular formula is C24H30O14. The van der Waals surface area contributed by atoms with Crippen LogP contribution in [0.3, 0.4) is 0 Å². The molecule has 14 heteroatoms. The molecule has 3 rings (SSSR count). The number of methoxy groups -OCH3 is 1. The average Bonchev–Trinajstić information content (AvgIpc) is 2.91. The van der Waals surface area contributed by atoms with Gasteiger partial charge in [0.25, 0.3) is 0 Å². The van der Waals surface area contributed by atoms with Gasteiger partial charge in [-0.2, -0.15) is 0 Å². The Morgan fingerprint density at radius 2 is 1.68 bits per heavy atom. The fourth-order valence-electron chi connectivity index (χ4n) is 4.17. The van der Waals surface area contributed by atoms with Crippen molar-refractivity contribution in [2.75, 3.05) is 20.3 Å². The lowest BCUT2D eigenvalue weighted by Crippen LogP contribution is -2.60. The first-order valence-corrected chi connectivity index (χ1v) is 11.5. The van der Waals surface area contributed by atoms with Crippen molar-refractivity contribution >= 4 is 11.9 Å². The number of benzene rings is 1. The van der Waals surface area contributed by atoms with E-state index in [2.05, 4.69) is 6.58 Å². The third-order valence-electron chi connectivity index (χ3n) is 6.28. The first-order valence-electron chi connectivity index (χ1n) is 11.5. The van der Waals surface area contributed by atoms with Crippen molar-refractivity contribution < 1.29 is 69.0 Å². The van der Waals surface area contributed by atoms with Crippen LogP contribution in [-0.4, -0.2) is 105 Å². The Hall–Kier alpha value is -3.40. The first-order chi connectivity index (χ1) is 18.0. The highest BCUT2D eigenvalue weighted by Gasteiger charge is 2.47. The Morgan fingerprint density at radius 3 is 2.26 bits per heavy atom. The number of aliphatic hydroxyl groups is 4. The van der Waals surface area contributed by atoms with E-state index in [-0.39, 0.29) is 24.2 Å². The van der Waals surface area contributed by atoms with Crippen LogP contribution >= 0.6 is 0 Å². The quantitative estimate of drug-likeness (QED) is 0.113. The number of rotatable bonds is 9. The van der Waals surface area contributed by atoms with E-state index in [1.807, 2.05) is 0 Å². The number of carbonyl (C=O) groups is 2. The normalized spacial score (nSPS) is 31.0. The van der Waals surface area contributed by atoms with E-state index >= 15 is 0 Å². The van der Waals surface area contributed by atoms with Gasteiger partial charge >= 0.3 is 11.9 Å². The monoisotopic (exact) mass is 542 g/mol. The van der Waals surface area contributed by atoms with Gasteiger partial charge < -0.3 is 59.4 Å². The first kappa shape index (κ1) is 29.2. The summed E-state index contributed by atoms with van der Waals surface area (Å²) in [7, 11) is 1.16. The molecule has 1 aromatic carbocycles. The number of phenols is 3. The van der Waals surface area contributed by atoms with Crippen molar-refractivity contribution in [3.05, 3.63) is 42.2 Å². The second-order valence-electron chi connectivity index (χ2n) is 8.61. The van der Waals surface area contributed by atoms with Crippen LogP contribution in [-0.2, 0) is 28.5 Å². The molecule has 0 radical (unpaired) electrons. The molecule has 0 unspecified atom stereocenters. The second-order valence-corrected chi connectivity index (χ2v) is 8.61. The van der Waals surface area contributed by atoms with Crippen LogP contribution in [0, 0.1) is 11.8 Å². The molecule has 0 aromatic heterocycles. The number of hydrogen-bond acceptors (Lipinski definition) is 14. The molecule has 0 spiro atoms. The van der Waals surface area contributed by atoms with Crippen molar-refractivity contribution in [3.63, 3.8) is 0 Å². The van der Waals surface area contributed by atoms with Crippen molar-refractivity contribution in [1.29, 1.82) is 0 Å². The molecule has 0 aliphatic carbocycles. The number of aliphatic hydroxyl groups excluding tert-OH is 4. The van der Waals surface area contributed by atoms with Gasteiger partial charge in [-0.3, -0.25) is 0 Å². The number of ether oxygens (including phenoxy) is 5. The lowest BCUT2D eigenvalue weighted by Gasteiger charge is -2.43. The highest BCUT2D eigenvalue weighted by atomic mass is 16.8. The Morgan fingerprint density at radius 1 is 1.03 bits per heavy atom. The molecule has 7 N–H and O–H groups in total. The molecule has 210 valence electrons. The molecule has 2 aliphatic rings. The molecule has 0 bridgehead atoms. The van der Waals surface area contributed by atoms with Gasteiger partial charge in [-0.15, -0.1) is 6.58 Å². The summed E-state index contributed by atoms with van der Waals surface area (Å²) in [6, 6.07) is 1.81. The summed E-state index contributed by atoms with van der Waals surface area (Å²) in [6.07, 6.45) is -6.49. The zero-order valence-corrected chi connectivity index (χ0v) is 20.2. The second kappa shape index (κ2) is 12.4. The molecule has 2 aliphatic heterocycles. The van der Waals surface area contributed by atoms with Gasteiger partial charge in [0.15, 0.2) is 23.5 Å². The van der Waals surface area contributed by atoms with Crippen LogP contribution < -0.4 is 0 Å². The molecule has 0 amide bonds. The van der Waals surface area contributed by atoms with Crippen LogP contribution in [0.5, 0.6) is 17.2 Å². The topological polar surface area (TPSA) is 222 Å². The SMILES string of the molecule is C=C[C@H]1[C@@H](O[C@@H]2O[C@H](CO)[C@@H](O)[C@H](O)[C@@H]2O)OC=C(C(=O)OC)[C@@H]1CCOC(=O)c1cc(O)c(O)c(O)c1. The van der Waals surface area contributed by atoms with Gasteiger partial charge in [0.2, 0.25) is 6.29 Å². The number of hydrogen-bond donors (Lipinski definition) is 7. The van der Waals surface area contributed by atoms with Gasteiger partial charge in [0.1, 0.15) is 24.4 Å². The van der Waals surface area contributed by atoms with Crippen molar-refractivity contribution in [1.82, 2.24) is 0 Å². The summed E-state index contributed by atoms with van der Waals surface area (Å²) < 4.78 is 26.6. The van der Waals surface area contributed by atoms with Crippen molar-refractivity contribution in [3.8, 4) is 17.2 Å². The fourth-order valence-corrected chi connectivity index (χ4v) is 4.17. The van der Waals surface area contributed by atoms with Crippen LogP contribution in [0.25, 0.3) is 0 Å². The Balaban J connectivity index is 1.75. The summed E-state index contributed by atoms with van der Waals surface area (Å²) in [5, 5.41) is 68.4. The predicted octanol–water partition coefficient (Wildman–Crippen LogP) is -1.00. The summed E-state index contributed by atoms with van der Waals surface area (Å²) in [5.41, 5.74) is -0.181. The minimum Gasteiger partial charge on any atom is -0.504 e. The van der Waals surface area contributed by atoms with Crippen LogP contribution in [0.4, 0.5) is 0 Å². The van der Waals surface area contributed by atoms with E-state index in [0.717, 1.165) is 25.5 Å². The van der Waals surface area contributed by atoms with Crippen LogP contribution in [0.2, 0.25) is 0 Å². The van der Waals surface area contributed by atoms with E-state index < -0.39 is 84.6 Å². The molecular weight excluding hydrogens is 512 g/mol. The highest BCUT2D eigenvalue weighted by Crippen LogP contribution is 2.38. The van der Waals surface area contributed by atoms with Gasteiger partial charge in [-0.05, 0) is 18.6 Å². The van der Waals surface area contributed by atoms with Crippen LogP contribution in [0.1, 0.15) is 16.8 Å².